The minimum Gasteiger partial charge on any atom is -0.488 e. The third-order valence-corrected chi connectivity index (χ3v) is 3.71. The van der Waals surface area contributed by atoms with Gasteiger partial charge in [0.1, 0.15) is 11.9 Å². The molecule has 1 unspecified atom stereocenters. The molecule has 2 aromatic rings. The highest BCUT2D eigenvalue weighted by atomic mass is 79.9. The lowest BCUT2D eigenvalue weighted by Gasteiger charge is -2.17. The average Bonchev–Trinajstić information content (AvgIpc) is 2.91. The van der Waals surface area contributed by atoms with Crippen LogP contribution in [0.3, 0.4) is 0 Å². The van der Waals surface area contributed by atoms with Gasteiger partial charge in [0.25, 0.3) is 0 Å². The van der Waals surface area contributed by atoms with Gasteiger partial charge in [0, 0.05) is 43.3 Å². The lowest BCUT2D eigenvalue weighted by atomic mass is 10.2. The summed E-state index contributed by atoms with van der Waals surface area (Å²) in [4.78, 5) is 14.9. The van der Waals surface area contributed by atoms with Gasteiger partial charge in [0.15, 0.2) is 0 Å². The number of rotatable bonds is 3. The lowest BCUT2D eigenvalue weighted by Crippen LogP contribution is -2.26. The molecule has 1 saturated heterocycles. The number of halogens is 1. The van der Waals surface area contributed by atoms with Gasteiger partial charge in [0.05, 0.1) is 11.0 Å². The molecule has 0 aliphatic carbocycles. The topological polar surface area (TPSA) is 51.1 Å². The summed E-state index contributed by atoms with van der Waals surface area (Å²) in [6.07, 6.45) is 8.25. The third-order valence-electron chi connectivity index (χ3n) is 3.30. The van der Waals surface area contributed by atoms with Crippen LogP contribution in [0.15, 0.2) is 35.3 Å². The molecule has 3 rings (SSSR count). The van der Waals surface area contributed by atoms with Gasteiger partial charge in [0.2, 0.25) is 5.95 Å². The van der Waals surface area contributed by atoms with Crippen LogP contribution in [0.1, 0.15) is 12.0 Å². The lowest BCUT2D eigenvalue weighted by molar-refractivity contribution is 0.223. The molecule has 0 bridgehead atoms. The van der Waals surface area contributed by atoms with Gasteiger partial charge in [-0.05, 0) is 28.9 Å². The summed E-state index contributed by atoms with van der Waals surface area (Å²) in [5.74, 6) is 1.66. The van der Waals surface area contributed by atoms with Crippen LogP contribution in [-0.4, -0.2) is 34.1 Å². The number of aryl methyl sites for hydroxylation is 1. The predicted molar refractivity (Wildman–Crippen MR) is 80.0 cm³/mol. The van der Waals surface area contributed by atoms with Crippen LogP contribution in [0.2, 0.25) is 0 Å². The monoisotopic (exact) mass is 334 g/mol. The van der Waals surface area contributed by atoms with E-state index < -0.39 is 0 Å². The van der Waals surface area contributed by atoms with E-state index in [1.165, 1.54) is 0 Å². The van der Waals surface area contributed by atoms with Crippen LogP contribution in [0.4, 0.5) is 5.95 Å². The fraction of sp³-hybridized carbons (Fsp3) is 0.357. The van der Waals surface area contributed by atoms with Crippen molar-refractivity contribution in [2.75, 3.05) is 18.0 Å². The van der Waals surface area contributed by atoms with Crippen molar-refractivity contribution in [2.24, 2.45) is 0 Å². The van der Waals surface area contributed by atoms with Crippen molar-refractivity contribution in [2.45, 2.75) is 19.4 Å². The zero-order valence-corrected chi connectivity index (χ0v) is 12.7. The molecule has 0 spiro atoms. The van der Waals surface area contributed by atoms with E-state index in [-0.39, 0.29) is 6.10 Å². The summed E-state index contributed by atoms with van der Waals surface area (Å²) in [5, 5.41) is 0. The molecule has 5 nitrogen and oxygen atoms in total. The fourth-order valence-corrected chi connectivity index (χ4v) is 2.45. The average molecular weight is 335 g/mol. The van der Waals surface area contributed by atoms with E-state index in [1.54, 1.807) is 18.6 Å². The van der Waals surface area contributed by atoms with Gasteiger partial charge < -0.3 is 9.64 Å². The van der Waals surface area contributed by atoms with E-state index in [9.17, 15) is 0 Å². The van der Waals surface area contributed by atoms with Gasteiger partial charge in [-0.15, -0.1) is 0 Å². The predicted octanol–water partition coefficient (Wildman–Crippen LogP) is 2.60. The Bertz CT molecular complexity index is 590. The van der Waals surface area contributed by atoms with Gasteiger partial charge in [-0.1, -0.05) is 0 Å². The minimum absolute atomic E-state index is 0.170. The Balaban J connectivity index is 1.65. The molecule has 2 aromatic heterocycles. The highest BCUT2D eigenvalue weighted by molar-refractivity contribution is 9.10. The van der Waals surface area contributed by atoms with Crippen molar-refractivity contribution < 1.29 is 4.74 Å². The normalized spacial score (nSPS) is 18.3. The van der Waals surface area contributed by atoms with Crippen molar-refractivity contribution in [3.63, 3.8) is 0 Å². The molecule has 1 fully saturated rings. The van der Waals surface area contributed by atoms with Crippen molar-refractivity contribution in [3.8, 4) is 5.75 Å². The summed E-state index contributed by atoms with van der Waals surface area (Å²) >= 11 is 3.34. The maximum absolute atomic E-state index is 6.04. The van der Waals surface area contributed by atoms with E-state index in [0.717, 1.165) is 41.2 Å². The Kier molecular flexibility index (Phi) is 3.82. The second kappa shape index (κ2) is 5.75. The highest BCUT2D eigenvalue weighted by Gasteiger charge is 2.26. The van der Waals surface area contributed by atoms with E-state index in [1.807, 2.05) is 19.2 Å². The van der Waals surface area contributed by atoms with Crippen LogP contribution in [-0.2, 0) is 0 Å². The van der Waals surface area contributed by atoms with E-state index in [4.69, 9.17) is 4.74 Å². The maximum atomic E-state index is 6.04. The van der Waals surface area contributed by atoms with Crippen LogP contribution in [0, 0.1) is 6.92 Å². The molecular formula is C14H15BrN4O. The summed E-state index contributed by atoms with van der Waals surface area (Å²) in [6.45, 7) is 3.73. The van der Waals surface area contributed by atoms with Crippen LogP contribution in [0.25, 0.3) is 0 Å². The van der Waals surface area contributed by atoms with Crippen molar-refractivity contribution >= 4 is 21.9 Å². The van der Waals surface area contributed by atoms with E-state index in [0.29, 0.717) is 0 Å². The Hall–Kier alpha value is -1.69. The van der Waals surface area contributed by atoms with Gasteiger partial charge in [-0.3, -0.25) is 4.98 Å². The number of nitrogens with zero attached hydrogens (tertiary/aromatic N) is 4. The Morgan fingerprint density at radius 1 is 1.30 bits per heavy atom. The molecule has 0 amide bonds. The molecular weight excluding hydrogens is 320 g/mol. The first kappa shape index (κ1) is 13.3. The van der Waals surface area contributed by atoms with E-state index in [2.05, 4.69) is 35.8 Å². The number of hydrogen-bond acceptors (Lipinski definition) is 5. The molecule has 3 heterocycles. The Morgan fingerprint density at radius 2 is 2.10 bits per heavy atom. The first-order valence-corrected chi connectivity index (χ1v) is 7.31. The quantitative estimate of drug-likeness (QED) is 0.863. The minimum atomic E-state index is 0.170. The molecule has 0 radical (unpaired) electrons. The first-order chi connectivity index (χ1) is 9.72. The van der Waals surface area contributed by atoms with Gasteiger partial charge >= 0.3 is 0 Å². The molecule has 0 saturated carbocycles. The summed E-state index contributed by atoms with van der Waals surface area (Å²) < 4.78 is 6.92. The molecule has 20 heavy (non-hydrogen) atoms. The number of hydrogen-bond donors (Lipinski definition) is 0. The number of ether oxygens (including phenoxy) is 1. The smallest absolute Gasteiger partial charge is 0.225 e. The van der Waals surface area contributed by atoms with Crippen molar-refractivity contribution in [3.05, 3.63) is 40.9 Å². The second-order valence-corrected chi connectivity index (χ2v) is 5.73. The van der Waals surface area contributed by atoms with Crippen LogP contribution >= 0.6 is 15.9 Å². The standard InChI is InChI=1S/C14H15BrN4O/c1-10-6-16-4-2-13(10)20-12-3-5-19(9-12)14-17-7-11(15)8-18-14/h2,4,6-8,12H,3,5,9H2,1H3. The SMILES string of the molecule is Cc1cnccc1OC1CCN(c2ncc(Br)cn2)C1. The fourth-order valence-electron chi connectivity index (χ4n) is 2.25. The first-order valence-electron chi connectivity index (χ1n) is 6.52. The number of aromatic nitrogens is 3. The molecule has 0 N–H and O–H groups in total. The third kappa shape index (κ3) is 2.90. The Labute approximate surface area is 126 Å². The van der Waals surface area contributed by atoms with Crippen LogP contribution in [0.5, 0.6) is 5.75 Å². The molecule has 104 valence electrons. The Morgan fingerprint density at radius 3 is 2.85 bits per heavy atom. The van der Waals surface area contributed by atoms with Gasteiger partial charge in [-0.25, -0.2) is 9.97 Å². The van der Waals surface area contributed by atoms with Crippen molar-refractivity contribution in [1.29, 1.82) is 0 Å². The van der Waals surface area contributed by atoms with E-state index >= 15 is 0 Å². The molecule has 0 aromatic carbocycles. The number of anilines is 1. The van der Waals surface area contributed by atoms with Gasteiger partial charge in [-0.2, -0.15) is 0 Å². The summed E-state index contributed by atoms with van der Waals surface area (Å²) in [7, 11) is 0. The summed E-state index contributed by atoms with van der Waals surface area (Å²) in [6, 6.07) is 1.91. The molecule has 6 heteroatoms. The molecule has 1 aliphatic heterocycles. The number of pyridine rings is 1. The second-order valence-electron chi connectivity index (χ2n) is 4.82. The largest absolute Gasteiger partial charge is 0.488 e. The molecule has 1 atom stereocenters. The zero-order valence-electron chi connectivity index (χ0n) is 11.2. The summed E-state index contributed by atoms with van der Waals surface area (Å²) in [5.41, 5.74) is 1.06. The molecule has 1 aliphatic rings. The zero-order chi connectivity index (χ0) is 13.9. The van der Waals surface area contributed by atoms with Crippen LogP contribution < -0.4 is 9.64 Å². The van der Waals surface area contributed by atoms with Crippen molar-refractivity contribution in [1.82, 2.24) is 15.0 Å². The maximum Gasteiger partial charge on any atom is 0.225 e. The highest BCUT2D eigenvalue weighted by Crippen LogP contribution is 2.23.